The Labute approximate surface area is 129 Å². The standard InChI is InChI=1S/C15H21NO4S/c1-11(2)12-4-3-5-13(8-12)20-9-14(17)16-6-7-21-10-15(18)19/h3-5,8,11H,6-7,9-10H2,1-2H3,(H,16,17)(H,18,19). The summed E-state index contributed by atoms with van der Waals surface area (Å²) in [6.45, 7) is 4.60. The molecule has 0 aliphatic rings. The molecule has 0 heterocycles. The summed E-state index contributed by atoms with van der Waals surface area (Å²) in [6, 6.07) is 7.69. The molecule has 0 unspecified atom stereocenters. The number of hydrogen-bond acceptors (Lipinski definition) is 4. The van der Waals surface area contributed by atoms with E-state index in [2.05, 4.69) is 19.2 Å². The number of benzene rings is 1. The summed E-state index contributed by atoms with van der Waals surface area (Å²) >= 11 is 1.27. The van der Waals surface area contributed by atoms with Crippen molar-refractivity contribution in [2.75, 3.05) is 24.7 Å². The molecule has 1 aromatic carbocycles. The predicted octanol–water partition coefficient (Wildman–Crippen LogP) is 2.12. The van der Waals surface area contributed by atoms with Gasteiger partial charge in [0.1, 0.15) is 5.75 Å². The first kappa shape index (κ1) is 17.4. The molecule has 2 N–H and O–H groups in total. The third-order valence-corrected chi connectivity index (χ3v) is 3.63. The molecule has 0 atom stereocenters. The third kappa shape index (κ3) is 7.60. The van der Waals surface area contributed by atoms with Crippen LogP contribution in [0.5, 0.6) is 5.75 Å². The molecule has 0 radical (unpaired) electrons. The minimum atomic E-state index is -0.848. The summed E-state index contributed by atoms with van der Waals surface area (Å²) < 4.78 is 5.44. The molecule has 6 heteroatoms. The van der Waals surface area contributed by atoms with Gasteiger partial charge in [0.05, 0.1) is 5.75 Å². The van der Waals surface area contributed by atoms with E-state index in [1.54, 1.807) is 0 Å². The summed E-state index contributed by atoms with van der Waals surface area (Å²) in [5.41, 5.74) is 1.16. The number of rotatable bonds is 9. The first-order valence-electron chi connectivity index (χ1n) is 6.78. The van der Waals surface area contributed by atoms with Crippen LogP contribution < -0.4 is 10.1 Å². The van der Waals surface area contributed by atoms with E-state index in [0.717, 1.165) is 5.56 Å². The monoisotopic (exact) mass is 311 g/mol. The van der Waals surface area contributed by atoms with Gasteiger partial charge in [-0.2, -0.15) is 0 Å². The summed E-state index contributed by atoms with van der Waals surface area (Å²) in [5.74, 6) is 0.653. The van der Waals surface area contributed by atoms with E-state index in [1.807, 2.05) is 24.3 Å². The lowest BCUT2D eigenvalue weighted by Gasteiger charge is -2.10. The normalized spacial score (nSPS) is 10.4. The van der Waals surface area contributed by atoms with Crippen LogP contribution in [0.3, 0.4) is 0 Å². The Hall–Kier alpha value is -1.69. The number of carboxylic acid groups (broad SMARTS) is 1. The average molecular weight is 311 g/mol. The van der Waals surface area contributed by atoms with Crippen molar-refractivity contribution in [1.82, 2.24) is 5.32 Å². The maximum absolute atomic E-state index is 11.6. The number of carbonyl (C=O) groups is 2. The van der Waals surface area contributed by atoms with Crippen LogP contribution in [-0.2, 0) is 9.59 Å². The largest absolute Gasteiger partial charge is 0.484 e. The number of amides is 1. The number of thioether (sulfide) groups is 1. The van der Waals surface area contributed by atoms with Crippen molar-refractivity contribution in [3.8, 4) is 5.75 Å². The molecular formula is C15H21NO4S. The van der Waals surface area contributed by atoms with Gasteiger partial charge in [-0.3, -0.25) is 9.59 Å². The zero-order valence-corrected chi connectivity index (χ0v) is 13.1. The quantitative estimate of drug-likeness (QED) is 0.683. The van der Waals surface area contributed by atoms with E-state index in [4.69, 9.17) is 9.84 Å². The second-order valence-corrected chi connectivity index (χ2v) is 5.92. The number of aliphatic carboxylic acids is 1. The minimum absolute atomic E-state index is 0.0366. The molecule has 0 aliphatic carbocycles. The molecule has 0 fully saturated rings. The number of nitrogens with one attached hydrogen (secondary N) is 1. The second kappa shape index (κ2) is 9.28. The Morgan fingerprint density at radius 2 is 2.14 bits per heavy atom. The van der Waals surface area contributed by atoms with Crippen LogP contribution in [0.1, 0.15) is 25.3 Å². The van der Waals surface area contributed by atoms with Crippen molar-refractivity contribution in [2.24, 2.45) is 0 Å². The Balaban J connectivity index is 2.23. The lowest BCUT2D eigenvalue weighted by atomic mass is 10.0. The van der Waals surface area contributed by atoms with E-state index in [9.17, 15) is 9.59 Å². The fourth-order valence-electron chi connectivity index (χ4n) is 1.59. The molecule has 1 aromatic rings. The fraction of sp³-hybridized carbons (Fsp3) is 0.467. The Morgan fingerprint density at radius 3 is 2.81 bits per heavy atom. The predicted molar refractivity (Wildman–Crippen MR) is 84.0 cm³/mol. The topological polar surface area (TPSA) is 75.6 Å². The van der Waals surface area contributed by atoms with Crippen LogP contribution in [0.2, 0.25) is 0 Å². The van der Waals surface area contributed by atoms with E-state index in [1.165, 1.54) is 11.8 Å². The van der Waals surface area contributed by atoms with Crippen LogP contribution in [0.25, 0.3) is 0 Å². The van der Waals surface area contributed by atoms with E-state index in [0.29, 0.717) is 24.0 Å². The van der Waals surface area contributed by atoms with Gasteiger partial charge in [0.25, 0.3) is 5.91 Å². The fourth-order valence-corrected chi connectivity index (χ4v) is 2.15. The number of hydrogen-bond donors (Lipinski definition) is 2. The minimum Gasteiger partial charge on any atom is -0.484 e. The van der Waals surface area contributed by atoms with Crippen molar-refractivity contribution < 1.29 is 19.4 Å². The maximum atomic E-state index is 11.6. The molecule has 1 amide bonds. The lowest BCUT2D eigenvalue weighted by Crippen LogP contribution is -2.30. The van der Waals surface area contributed by atoms with Gasteiger partial charge in [0.2, 0.25) is 0 Å². The first-order valence-corrected chi connectivity index (χ1v) is 7.93. The van der Waals surface area contributed by atoms with Crippen molar-refractivity contribution in [1.29, 1.82) is 0 Å². The zero-order valence-electron chi connectivity index (χ0n) is 12.3. The van der Waals surface area contributed by atoms with Gasteiger partial charge in [0, 0.05) is 12.3 Å². The second-order valence-electron chi connectivity index (χ2n) is 4.81. The van der Waals surface area contributed by atoms with Gasteiger partial charge in [-0.05, 0) is 23.6 Å². The molecule has 0 aliphatic heterocycles. The van der Waals surface area contributed by atoms with Crippen LogP contribution in [0, 0.1) is 0 Å². The van der Waals surface area contributed by atoms with Gasteiger partial charge in [-0.1, -0.05) is 26.0 Å². The molecule has 0 saturated heterocycles. The lowest BCUT2D eigenvalue weighted by molar-refractivity contribution is -0.133. The van der Waals surface area contributed by atoms with Gasteiger partial charge in [-0.15, -0.1) is 11.8 Å². The van der Waals surface area contributed by atoms with Gasteiger partial charge in [0.15, 0.2) is 6.61 Å². The molecule has 5 nitrogen and oxygen atoms in total. The van der Waals surface area contributed by atoms with Crippen molar-refractivity contribution in [3.63, 3.8) is 0 Å². The summed E-state index contributed by atoms with van der Waals surface area (Å²) in [5, 5.41) is 11.2. The van der Waals surface area contributed by atoms with Gasteiger partial charge >= 0.3 is 5.97 Å². The number of carbonyl (C=O) groups excluding carboxylic acids is 1. The Bertz CT molecular complexity index is 476. The molecule has 21 heavy (non-hydrogen) atoms. The smallest absolute Gasteiger partial charge is 0.313 e. The van der Waals surface area contributed by atoms with Crippen molar-refractivity contribution >= 4 is 23.6 Å². The first-order chi connectivity index (χ1) is 9.99. The van der Waals surface area contributed by atoms with Crippen molar-refractivity contribution in [3.05, 3.63) is 29.8 Å². The van der Waals surface area contributed by atoms with E-state index in [-0.39, 0.29) is 18.3 Å². The summed E-state index contributed by atoms with van der Waals surface area (Å²) in [6.07, 6.45) is 0. The van der Waals surface area contributed by atoms with Crippen LogP contribution >= 0.6 is 11.8 Å². The Morgan fingerprint density at radius 1 is 1.38 bits per heavy atom. The molecule has 1 rings (SSSR count). The molecule has 0 spiro atoms. The van der Waals surface area contributed by atoms with E-state index < -0.39 is 5.97 Å². The SMILES string of the molecule is CC(C)c1cccc(OCC(=O)NCCSCC(=O)O)c1. The maximum Gasteiger partial charge on any atom is 0.313 e. The Kier molecular flexibility index (Phi) is 7.68. The molecule has 0 saturated carbocycles. The molecule has 116 valence electrons. The third-order valence-electron chi connectivity index (χ3n) is 2.69. The highest BCUT2D eigenvalue weighted by atomic mass is 32.2. The number of carboxylic acids is 1. The van der Waals surface area contributed by atoms with Gasteiger partial charge in [-0.25, -0.2) is 0 Å². The molecule has 0 bridgehead atoms. The summed E-state index contributed by atoms with van der Waals surface area (Å²) in [4.78, 5) is 21.9. The van der Waals surface area contributed by atoms with Crippen molar-refractivity contribution in [2.45, 2.75) is 19.8 Å². The highest BCUT2D eigenvalue weighted by molar-refractivity contribution is 7.99. The van der Waals surface area contributed by atoms with Gasteiger partial charge < -0.3 is 15.2 Å². The highest BCUT2D eigenvalue weighted by Gasteiger charge is 2.05. The average Bonchev–Trinajstić information content (AvgIpc) is 2.44. The molecular weight excluding hydrogens is 290 g/mol. The molecule has 0 aromatic heterocycles. The highest BCUT2D eigenvalue weighted by Crippen LogP contribution is 2.19. The number of ether oxygens (including phenoxy) is 1. The van der Waals surface area contributed by atoms with Crippen LogP contribution in [0.15, 0.2) is 24.3 Å². The van der Waals surface area contributed by atoms with Crippen LogP contribution in [0.4, 0.5) is 0 Å². The summed E-state index contributed by atoms with van der Waals surface area (Å²) in [7, 11) is 0. The van der Waals surface area contributed by atoms with Crippen LogP contribution in [-0.4, -0.2) is 41.6 Å². The zero-order chi connectivity index (χ0) is 15.7. The van der Waals surface area contributed by atoms with E-state index >= 15 is 0 Å².